The normalized spacial score (nSPS) is 14.6. The van der Waals surface area contributed by atoms with E-state index in [9.17, 15) is 0 Å². The summed E-state index contributed by atoms with van der Waals surface area (Å²) in [4.78, 5) is 4.89. The van der Waals surface area contributed by atoms with Gasteiger partial charge in [0.2, 0.25) is 0 Å². The van der Waals surface area contributed by atoms with Crippen LogP contribution in [0.2, 0.25) is 0 Å². The number of benzene rings is 11. The van der Waals surface area contributed by atoms with E-state index in [4.69, 9.17) is 0 Å². The fourth-order valence-electron chi connectivity index (χ4n) is 12.4. The van der Waals surface area contributed by atoms with Crippen LogP contribution in [0.25, 0.3) is 75.8 Å². The molecule has 3 heteroatoms. The van der Waals surface area contributed by atoms with Gasteiger partial charge < -0.3 is 9.80 Å². The minimum absolute atomic E-state index is 0.596. The molecular formula is C67H42N2S. The fourth-order valence-corrected chi connectivity index (χ4v) is 13.5. The third-order valence-electron chi connectivity index (χ3n) is 15.2. The average molecular weight is 907 g/mol. The molecule has 1 unspecified atom stereocenters. The van der Waals surface area contributed by atoms with Crippen LogP contribution in [-0.4, -0.2) is 0 Å². The first-order chi connectivity index (χ1) is 34.7. The van der Waals surface area contributed by atoms with Crippen LogP contribution in [0.4, 0.5) is 34.1 Å². The Labute approximate surface area is 411 Å². The van der Waals surface area contributed by atoms with Crippen LogP contribution >= 0.6 is 11.3 Å². The molecule has 11 aromatic carbocycles. The summed E-state index contributed by atoms with van der Waals surface area (Å²) in [5.74, 6) is 0. The van der Waals surface area contributed by atoms with Crippen molar-refractivity contribution in [1.29, 1.82) is 0 Å². The second kappa shape index (κ2) is 15.1. The lowest BCUT2D eigenvalue weighted by Gasteiger charge is -2.36. The van der Waals surface area contributed by atoms with E-state index in [2.05, 4.69) is 265 Å². The zero-order chi connectivity index (χ0) is 45.9. The first-order valence-electron chi connectivity index (χ1n) is 24.2. The number of hydrogen-bond acceptors (Lipinski definition) is 3. The maximum absolute atomic E-state index is 2.54. The predicted molar refractivity (Wildman–Crippen MR) is 295 cm³/mol. The van der Waals surface area contributed by atoms with Crippen molar-refractivity contribution in [3.8, 4) is 55.6 Å². The van der Waals surface area contributed by atoms with E-state index in [1.807, 2.05) is 11.3 Å². The molecule has 0 saturated carbocycles. The summed E-state index contributed by atoms with van der Waals surface area (Å²) < 4.78 is 2.64. The molecule has 326 valence electrons. The molecule has 1 aliphatic heterocycles. The topological polar surface area (TPSA) is 6.48 Å². The zero-order valence-electron chi connectivity index (χ0n) is 38.1. The molecule has 2 nitrogen and oxygen atoms in total. The van der Waals surface area contributed by atoms with Crippen LogP contribution in [0.5, 0.6) is 0 Å². The number of nitrogens with zero attached hydrogens (tertiary/aromatic N) is 2. The quantitative estimate of drug-likeness (QED) is 0.174. The average Bonchev–Trinajstić information content (AvgIpc) is 3.86. The Morgan fingerprint density at radius 3 is 1.50 bits per heavy atom. The van der Waals surface area contributed by atoms with Crippen molar-refractivity contribution in [2.24, 2.45) is 0 Å². The standard InChI is InChI=1S/C67H42N2S/c1-3-19-43(20-4-1)68(46-36-38-64-57(40-46)50-26-10-8-24-48(50)53-29-13-17-33-63(53)69(64)44-21-5-2-6-22-44)45-35-37-61-55(39-45)49-25-9-7-23-47(49)51-27-11-15-31-59(51)67(61)60-32-16-12-28-52(60)56-41-58-54-30-14-18-34-65(54)70-66(58)42-62(56)67/h1-42H. The fraction of sp³-hybridized carbons (Fsp3) is 0.0149. The highest BCUT2D eigenvalue weighted by Crippen LogP contribution is 2.63. The number of para-hydroxylation sites is 3. The third kappa shape index (κ3) is 5.49. The Kier molecular flexibility index (Phi) is 8.48. The largest absolute Gasteiger partial charge is 0.310 e. The summed E-state index contributed by atoms with van der Waals surface area (Å²) in [7, 11) is 0. The van der Waals surface area contributed by atoms with Crippen molar-refractivity contribution in [3.63, 3.8) is 0 Å². The maximum atomic E-state index is 2.54. The summed E-state index contributed by atoms with van der Waals surface area (Å²) in [6.07, 6.45) is 0. The molecule has 2 aliphatic carbocycles. The van der Waals surface area contributed by atoms with Crippen molar-refractivity contribution in [3.05, 3.63) is 277 Å². The highest BCUT2D eigenvalue weighted by atomic mass is 32.1. The van der Waals surface area contributed by atoms with E-state index >= 15 is 0 Å². The summed E-state index contributed by atoms with van der Waals surface area (Å²) in [6.45, 7) is 0. The van der Waals surface area contributed by atoms with Crippen molar-refractivity contribution in [2.45, 2.75) is 5.41 Å². The van der Waals surface area contributed by atoms with E-state index in [0.717, 1.165) is 34.1 Å². The van der Waals surface area contributed by atoms with Gasteiger partial charge >= 0.3 is 0 Å². The van der Waals surface area contributed by atoms with Crippen molar-refractivity contribution >= 4 is 65.6 Å². The predicted octanol–water partition coefficient (Wildman–Crippen LogP) is 18.7. The number of fused-ring (bicyclic) bond motifs is 20. The molecule has 0 amide bonds. The monoisotopic (exact) mass is 906 g/mol. The Morgan fingerprint density at radius 1 is 0.286 bits per heavy atom. The van der Waals surface area contributed by atoms with Gasteiger partial charge in [0.25, 0.3) is 0 Å². The summed E-state index contributed by atoms with van der Waals surface area (Å²) in [6, 6.07) is 95.2. The minimum atomic E-state index is -0.596. The van der Waals surface area contributed by atoms with Crippen LogP contribution in [0.1, 0.15) is 22.3 Å². The van der Waals surface area contributed by atoms with E-state index in [-0.39, 0.29) is 0 Å². The number of anilines is 6. The van der Waals surface area contributed by atoms with E-state index in [0.29, 0.717) is 0 Å². The molecule has 12 aromatic rings. The summed E-state index contributed by atoms with van der Waals surface area (Å²) in [5.41, 5.74) is 23.8. The third-order valence-corrected chi connectivity index (χ3v) is 16.3. The Morgan fingerprint density at radius 2 is 0.771 bits per heavy atom. The van der Waals surface area contributed by atoms with Gasteiger partial charge in [0.1, 0.15) is 0 Å². The zero-order valence-corrected chi connectivity index (χ0v) is 38.9. The smallest absolute Gasteiger partial charge is 0.0726 e. The lowest BCUT2D eigenvalue weighted by Crippen LogP contribution is -2.29. The van der Waals surface area contributed by atoms with Gasteiger partial charge in [0.05, 0.1) is 16.8 Å². The molecule has 0 N–H and O–H groups in total. The molecule has 15 rings (SSSR count). The molecule has 0 radical (unpaired) electrons. The molecule has 0 bridgehead atoms. The van der Waals surface area contributed by atoms with Gasteiger partial charge in [0, 0.05) is 54.0 Å². The van der Waals surface area contributed by atoms with Crippen LogP contribution in [-0.2, 0) is 5.41 Å². The van der Waals surface area contributed by atoms with Gasteiger partial charge in [-0.2, -0.15) is 0 Å². The van der Waals surface area contributed by atoms with Crippen LogP contribution in [0.15, 0.2) is 255 Å². The van der Waals surface area contributed by atoms with Gasteiger partial charge in [-0.25, -0.2) is 0 Å². The molecule has 3 aliphatic rings. The molecule has 1 atom stereocenters. The summed E-state index contributed by atoms with van der Waals surface area (Å²) >= 11 is 1.90. The van der Waals surface area contributed by atoms with E-state index < -0.39 is 5.41 Å². The number of hydrogen-bond donors (Lipinski definition) is 0. The Bertz CT molecular complexity index is 4090. The van der Waals surface area contributed by atoms with Gasteiger partial charge in [-0.1, -0.05) is 176 Å². The number of rotatable bonds is 4. The molecule has 70 heavy (non-hydrogen) atoms. The van der Waals surface area contributed by atoms with Gasteiger partial charge in [-0.15, -0.1) is 11.3 Å². The minimum Gasteiger partial charge on any atom is -0.310 e. The van der Waals surface area contributed by atoms with E-state index in [1.54, 1.807) is 0 Å². The second-order valence-corrected chi connectivity index (χ2v) is 19.8. The van der Waals surface area contributed by atoms with Crippen LogP contribution < -0.4 is 9.80 Å². The molecule has 1 aromatic heterocycles. The van der Waals surface area contributed by atoms with E-state index in [1.165, 1.54) is 98.1 Å². The van der Waals surface area contributed by atoms with Crippen molar-refractivity contribution < 1.29 is 0 Å². The number of thiophene rings is 1. The second-order valence-electron chi connectivity index (χ2n) is 18.7. The molecular weight excluding hydrogens is 865 g/mol. The van der Waals surface area contributed by atoms with Gasteiger partial charge in [-0.05, 0) is 146 Å². The van der Waals surface area contributed by atoms with Crippen molar-refractivity contribution in [2.75, 3.05) is 9.80 Å². The highest BCUT2D eigenvalue weighted by molar-refractivity contribution is 7.25. The molecule has 0 fully saturated rings. The van der Waals surface area contributed by atoms with Crippen LogP contribution in [0, 0.1) is 0 Å². The van der Waals surface area contributed by atoms with Crippen molar-refractivity contribution in [1.82, 2.24) is 0 Å². The highest BCUT2D eigenvalue weighted by Gasteiger charge is 2.50. The van der Waals surface area contributed by atoms with Gasteiger partial charge in [0.15, 0.2) is 0 Å². The summed E-state index contributed by atoms with van der Waals surface area (Å²) in [5, 5.41) is 2.65. The lowest BCUT2D eigenvalue weighted by atomic mass is 9.66. The molecule has 2 heterocycles. The SMILES string of the molecule is c1ccc(N(c2ccc3c(c2)-c2ccccc2-c2ccccc2N3c2ccccc2)c2ccc3c(c2)-c2ccccc2-c2ccccc2C32c3ccccc3-c3cc4c(cc32)sc2ccccc24)cc1. The Balaban J connectivity index is 1.00. The van der Waals surface area contributed by atoms with Gasteiger partial charge in [-0.3, -0.25) is 0 Å². The molecule has 0 saturated heterocycles. The lowest BCUT2D eigenvalue weighted by molar-refractivity contribution is 0.776. The first-order valence-corrected chi connectivity index (χ1v) is 25.0. The van der Waals surface area contributed by atoms with Crippen LogP contribution in [0.3, 0.4) is 0 Å². The Hall–Kier alpha value is -8.76. The molecule has 1 spiro atoms. The maximum Gasteiger partial charge on any atom is 0.0726 e. The first kappa shape index (κ1) is 39.3.